The molecule has 0 radical (unpaired) electrons. The van der Waals surface area contributed by atoms with Crippen LogP contribution >= 0.6 is 0 Å². The number of carboxylic acids is 1. The topological polar surface area (TPSA) is 214 Å². The largest absolute Gasteiger partial charge is 0.480 e. The monoisotopic (exact) mass is 423 g/mol. The Hall–Kier alpha value is -3.48. The van der Waals surface area contributed by atoms with Gasteiger partial charge >= 0.3 is 5.97 Å². The lowest BCUT2D eigenvalue weighted by Gasteiger charge is -2.26. The first-order valence-electron chi connectivity index (χ1n) is 9.30. The third kappa shape index (κ3) is 6.27. The van der Waals surface area contributed by atoms with Crippen molar-refractivity contribution >= 4 is 29.6 Å². The lowest BCUT2D eigenvalue weighted by molar-refractivity contribution is -0.149. The SMILES string of the molecule is NC(=O)CC(NC(=O)CNC(=O)C(N)Cc1cnc[nH]1)C(=O)N1CCCC1C(=O)O. The molecule has 2 rings (SSSR count). The molecule has 1 aliphatic heterocycles. The Labute approximate surface area is 171 Å². The molecule has 13 heteroatoms. The van der Waals surface area contributed by atoms with Gasteiger partial charge in [-0.25, -0.2) is 9.78 Å². The standard InChI is InChI=1S/C17H25N7O6/c18-10(4-9-6-20-8-22-9)15(27)21-7-14(26)23-11(5-13(19)25)16(28)24-3-1-2-12(24)17(29)30/h6,8,10-12H,1-5,7,18H2,(H2,19,25)(H,20,22)(H,21,27)(H,23,26)(H,29,30). The lowest BCUT2D eigenvalue weighted by Crippen LogP contribution is -2.54. The zero-order valence-corrected chi connectivity index (χ0v) is 16.2. The predicted molar refractivity (Wildman–Crippen MR) is 101 cm³/mol. The van der Waals surface area contributed by atoms with Gasteiger partial charge in [0.15, 0.2) is 0 Å². The molecule has 0 bridgehead atoms. The summed E-state index contributed by atoms with van der Waals surface area (Å²) in [6.45, 7) is -0.291. The van der Waals surface area contributed by atoms with E-state index in [0.717, 1.165) is 4.90 Å². The summed E-state index contributed by atoms with van der Waals surface area (Å²) >= 11 is 0. The van der Waals surface area contributed by atoms with Crippen LogP contribution in [0.2, 0.25) is 0 Å². The summed E-state index contributed by atoms with van der Waals surface area (Å²) in [4.78, 5) is 67.2. The van der Waals surface area contributed by atoms with Crippen LogP contribution in [0.4, 0.5) is 0 Å². The minimum Gasteiger partial charge on any atom is -0.480 e. The Morgan fingerprint density at radius 1 is 1.33 bits per heavy atom. The van der Waals surface area contributed by atoms with E-state index in [2.05, 4.69) is 20.6 Å². The summed E-state index contributed by atoms with van der Waals surface area (Å²) in [5.41, 5.74) is 11.6. The van der Waals surface area contributed by atoms with Crippen LogP contribution in [-0.2, 0) is 30.4 Å². The van der Waals surface area contributed by atoms with Crippen molar-refractivity contribution in [2.45, 2.75) is 43.8 Å². The van der Waals surface area contributed by atoms with Gasteiger partial charge in [0, 0.05) is 24.9 Å². The van der Waals surface area contributed by atoms with Gasteiger partial charge in [0.2, 0.25) is 23.6 Å². The first-order valence-corrected chi connectivity index (χ1v) is 9.30. The van der Waals surface area contributed by atoms with Crippen molar-refractivity contribution in [3.63, 3.8) is 0 Å². The van der Waals surface area contributed by atoms with E-state index in [1.807, 2.05) is 0 Å². The molecule has 1 aliphatic rings. The van der Waals surface area contributed by atoms with Crippen LogP contribution in [0.25, 0.3) is 0 Å². The fourth-order valence-electron chi connectivity index (χ4n) is 3.16. The Bertz CT molecular complexity index is 797. The van der Waals surface area contributed by atoms with Gasteiger partial charge in [0.05, 0.1) is 25.3 Å². The van der Waals surface area contributed by atoms with Crippen LogP contribution in [0, 0.1) is 0 Å². The van der Waals surface area contributed by atoms with E-state index in [1.54, 1.807) is 0 Å². The lowest BCUT2D eigenvalue weighted by atomic mass is 10.1. The molecule has 30 heavy (non-hydrogen) atoms. The molecule has 1 fully saturated rings. The molecule has 0 aliphatic carbocycles. The smallest absolute Gasteiger partial charge is 0.326 e. The van der Waals surface area contributed by atoms with E-state index in [0.29, 0.717) is 12.1 Å². The third-order valence-electron chi connectivity index (χ3n) is 4.61. The molecular weight excluding hydrogens is 398 g/mol. The van der Waals surface area contributed by atoms with Crippen molar-refractivity contribution in [3.05, 3.63) is 18.2 Å². The van der Waals surface area contributed by atoms with Crippen LogP contribution < -0.4 is 22.1 Å². The number of H-pyrrole nitrogens is 1. The van der Waals surface area contributed by atoms with Crippen LogP contribution in [-0.4, -0.2) is 80.8 Å². The van der Waals surface area contributed by atoms with Crippen LogP contribution in [0.3, 0.4) is 0 Å². The van der Waals surface area contributed by atoms with Gasteiger partial charge in [-0.05, 0) is 12.8 Å². The predicted octanol–water partition coefficient (Wildman–Crippen LogP) is -3.17. The number of likely N-dealkylation sites (tertiary alicyclic amines) is 1. The van der Waals surface area contributed by atoms with Crippen molar-refractivity contribution in [1.82, 2.24) is 25.5 Å². The Kier molecular flexibility index (Phi) is 7.86. The first-order chi connectivity index (χ1) is 14.2. The number of nitrogens with zero attached hydrogens (tertiary/aromatic N) is 2. The number of carboxylic acid groups (broad SMARTS) is 1. The number of aromatic nitrogens is 2. The van der Waals surface area contributed by atoms with Crippen molar-refractivity contribution in [2.75, 3.05) is 13.1 Å². The maximum Gasteiger partial charge on any atom is 0.326 e. The van der Waals surface area contributed by atoms with Gasteiger partial charge in [0.25, 0.3) is 0 Å². The van der Waals surface area contributed by atoms with E-state index < -0.39 is 60.7 Å². The number of carbonyl (C=O) groups is 5. The molecule has 1 aromatic heterocycles. The zero-order chi connectivity index (χ0) is 22.3. The van der Waals surface area contributed by atoms with Gasteiger partial charge in [-0.1, -0.05) is 0 Å². The Balaban J connectivity index is 1.91. The number of imidazole rings is 1. The highest BCUT2D eigenvalue weighted by Gasteiger charge is 2.38. The van der Waals surface area contributed by atoms with Crippen molar-refractivity contribution in [3.8, 4) is 0 Å². The van der Waals surface area contributed by atoms with Gasteiger partial charge in [0.1, 0.15) is 12.1 Å². The molecule has 0 aromatic carbocycles. The van der Waals surface area contributed by atoms with Crippen LogP contribution in [0.1, 0.15) is 25.0 Å². The quantitative estimate of drug-likeness (QED) is 0.225. The maximum atomic E-state index is 12.7. The molecule has 0 saturated carbocycles. The summed E-state index contributed by atoms with van der Waals surface area (Å²) in [5.74, 6) is -4.06. The number of hydrogen-bond acceptors (Lipinski definition) is 7. The molecule has 3 unspecified atom stereocenters. The van der Waals surface area contributed by atoms with Gasteiger partial charge in [-0.15, -0.1) is 0 Å². The van der Waals surface area contributed by atoms with Gasteiger partial charge in [-0.2, -0.15) is 0 Å². The number of aromatic amines is 1. The van der Waals surface area contributed by atoms with E-state index in [-0.39, 0.29) is 19.4 Å². The molecule has 1 saturated heterocycles. The molecule has 1 aromatic rings. The highest BCUT2D eigenvalue weighted by molar-refractivity contribution is 5.95. The molecule has 4 amide bonds. The summed E-state index contributed by atoms with van der Waals surface area (Å²) < 4.78 is 0. The second-order valence-corrected chi connectivity index (χ2v) is 6.92. The minimum atomic E-state index is -1.33. The van der Waals surface area contributed by atoms with E-state index in [1.165, 1.54) is 12.5 Å². The van der Waals surface area contributed by atoms with Crippen molar-refractivity contribution in [2.24, 2.45) is 11.5 Å². The fourth-order valence-corrected chi connectivity index (χ4v) is 3.16. The normalized spacial score (nSPS) is 17.8. The number of aliphatic carboxylic acids is 1. The molecule has 164 valence electrons. The summed E-state index contributed by atoms with van der Waals surface area (Å²) in [6, 6.07) is -3.28. The molecule has 2 heterocycles. The summed E-state index contributed by atoms with van der Waals surface area (Å²) in [7, 11) is 0. The number of amides is 4. The summed E-state index contributed by atoms with van der Waals surface area (Å²) in [5, 5.41) is 13.9. The molecular formula is C17H25N7O6. The minimum absolute atomic E-state index is 0.182. The third-order valence-corrected chi connectivity index (χ3v) is 4.61. The average Bonchev–Trinajstić information content (AvgIpc) is 3.36. The molecule has 0 spiro atoms. The van der Waals surface area contributed by atoms with E-state index in [9.17, 15) is 29.1 Å². The maximum absolute atomic E-state index is 12.7. The van der Waals surface area contributed by atoms with Gasteiger partial charge < -0.3 is 37.1 Å². The van der Waals surface area contributed by atoms with E-state index >= 15 is 0 Å². The number of nitrogens with two attached hydrogens (primary N) is 2. The number of hydrogen-bond donors (Lipinski definition) is 6. The van der Waals surface area contributed by atoms with Crippen LogP contribution in [0.5, 0.6) is 0 Å². The number of primary amides is 1. The molecule has 3 atom stereocenters. The second kappa shape index (κ2) is 10.3. The first kappa shape index (κ1) is 22.8. The fraction of sp³-hybridized carbons (Fsp3) is 0.529. The Morgan fingerprint density at radius 2 is 2.07 bits per heavy atom. The zero-order valence-electron chi connectivity index (χ0n) is 16.2. The number of nitrogens with one attached hydrogen (secondary N) is 3. The van der Waals surface area contributed by atoms with Crippen LogP contribution in [0.15, 0.2) is 12.5 Å². The number of carbonyl (C=O) groups excluding carboxylic acids is 4. The highest BCUT2D eigenvalue weighted by atomic mass is 16.4. The molecule has 8 N–H and O–H groups in total. The highest BCUT2D eigenvalue weighted by Crippen LogP contribution is 2.19. The Morgan fingerprint density at radius 3 is 2.67 bits per heavy atom. The summed E-state index contributed by atoms with van der Waals surface area (Å²) in [6.07, 6.45) is 3.41. The van der Waals surface area contributed by atoms with Crippen molar-refractivity contribution in [1.29, 1.82) is 0 Å². The molecule has 13 nitrogen and oxygen atoms in total. The average molecular weight is 423 g/mol. The van der Waals surface area contributed by atoms with E-state index in [4.69, 9.17) is 11.5 Å². The van der Waals surface area contributed by atoms with Gasteiger partial charge in [-0.3, -0.25) is 19.2 Å². The van der Waals surface area contributed by atoms with Crippen molar-refractivity contribution < 1.29 is 29.1 Å². The number of rotatable bonds is 10. The second-order valence-electron chi connectivity index (χ2n) is 6.92.